The molecule has 1 amide bonds. The van der Waals surface area contributed by atoms with E-state index < -0.39 is 0 Å². The molecule has 140 valence electrons. The molecule has 0 heterocycles. The molecule has 0 aliphatic heterocycles. The van der Waals surface area contributed by atoms with Crippen molar-refractivity contribution in [2.24, 2.45) is 0 Å². The van der Waals surface area contributed by atoms with Crippen LogP contribution >= 0.6 is 11.8 Å². The highest BCUT2D eigenvalue weighted by molar-refractivity contribution is 7.99. The fourth-order valence-corrected chi connectivity index (χ4v) is 3.44. The third kappa shape index (κ3) is 6.26. The number of hydrogen-bond acceptors (Lipinski definition) is 4. The normalized spacial score (nSPS) is 11.7. The lowest BCUT2D eigenvalue weighted by molar-refractivity contribution is -0.121. The van der Waals surface area contributed by atoms with Crippen molar-refractivity contribution < 1.29 is 18.7 Å². The van der Waals surface area contributed by atoms with Gasteiger partial charge in [-0.3, -0.25) is 4.79 Å². The van der Waals surface area contributed by atoms with E-state index in [1.165, 1.54) is 19.2 Å². The van der Waals surface area contributed by atoms with Crippen molar-refractivity contribution in [3.8, 4) is 11.5 Å². The summed E-state index contributed by atoms with van der Waals surface area (Å²) in [6.45, 7) is 2.34. The van der Waals surface area contributed by atoms with Gasteiger partial charge in [0.25, 0.3) is 0 Å². The van der Waals surface area contributed by atoms with E-state index in [4.69, 9.17) is 9.47 Å². The Kier molecular flexibility index (Phi) is 7.78. The van der Waals surface area contributed by atoms with E-state index in [9.17, 15) is 9.18 Å². The van der Waals surface area contributed by atoms with Crippen LogP contribution in [0.3, 0.4) is 0 Å². The third-order valence-electron chi connectivity index (χ3n) is 3.89. The van der Waals surface area contributed by atoms with Crippen LogP contribution in [0, 0.1) is 5.82 Å². The van der Waals surface area contributed by atoms with Gasteiger partial charge in [-0.1, -0.05) is 6.92 Å². The van der Waals surface area contributed by atoms with Crippen LogP contribution in [0.4, 0.5) is 4.39 Å². The second-order valence-corrected chi connectivity index (χ2v) is 7.39. The molecule has 0 aliphatic carbocycles. The number of benzene rings is 2. The zero-order chi connectivity index (χ0) is 18.9. The Morgan fingerprint density at radius 1 is 1.15 bits per heavy atom. The van der Waals surface area contributed by atoms with Crippen molar-refractivity contribution >= 4 is 17.7 Å². The molecule has 1 N–H and O–H groups in total. The number of methoxy groups -OCH3 is 2. The molecule has 26 heavy (non-hydrogen) atoms. The van der Waals surface area contributed by atoms with E-state index in [-0.39, 0.29) is 18.3 Å². The molecule has 2 rings (SSSR count). The molecule has 0 fully saturated rings. The molecule has 4 nitrogen and oxygen atoms in total. The molecule has 1 unspecified atom stereocenters. The van der Waals surface area contributed by atoms with E-state index in [1.807, 2.05) is 24.3 Å². The van der Waals surface area contributed by atoms with Crippen LogP contribution in [-0.4, -0.2) is 25.4 Å². The van der Waals surface area contributed by atoms with Crippen LogP contribution < -0.4 is 14.8 Å². The number of thioether (sulfide) groups is 1. The molecule has 6 heteroatoms. The van der Waals surface area contributed by atoms with Gasteiger partial charge >= 0.3 is 0 Å². The zero-order valence-corrected chi connectivity index (χ0v) is 16.1. The van der Waals surface area contributed by atoms with Gasteiger partial charge in [0.1, 0.15) is 17.3 Å². The minimum atomic E-state index is -0.348. The summed E-state index contributed by atoms with van der Waals surface area (Å²) in [6.07, 6.45) is 1.17. The number of carbonyl (C=O) groups is 1. The van der Waals surface area contributed by atoms with E-state index in [2.05, 4.69) is 12.2 Å². The van der Waals surface area contributed by atoms with Gasteiger partial charge in [0, 0.05) is 28.7 Å². The Hall–Kier alpha value is -2.21. The minimum Gasteiger partial charge on any atom is -0.497 e. The summed E-state index contributed by atoms with van der Waals surface area (Å²) >= 11 is 1.72. The summed E-state index contributed by atoms with van der Waals surface area (Å²) in [6, 6.07) is 12.1. The Balaban J connectivity index is 1.76. The summed E-state index contributed by atoms with van der Waals surface area (Å²) in [4.78, 5) is 13.2. The molecule has 0 bridgehead atoms. The monoisotopic (exact) mass is 377 g/mol. The zero-order valence-electron chi connectivity index (χ0n) is 15.3. The van der Waals surface area contributed by atoms with Crippen molar-refractivity contribution in [1.82, 2.24) is 5.32 Å². The number of nitrogens with one attached hydrogen (secondary N) is 1. The third-order valence-corrected chi connectivity index (χ3v) is 5.08. The number of ether oxygens (including phenoxy) is 2. The summed E-state index contributed by atoms with van der Waals surface area (Å²) in [7, 11) is 3.17. The maximum absolute atomic E-state index is 13.3. The van der Waals surface area contributed by atoms with Gasteiger partial charge in [-0.05, 0) is 48.9 Å². The number of carbonyl (C=O) groups excluding carboxylic acids is 1. The first-order chi connectivity index (χ1) is 12.5. The second kappa shape index (κ2) is 10.1. The van der Waals surface area contributed by atoms with Crippen molar-refractivity contribution in [3.63, 3.8) is 0 Å². The van der Waals surface area contributed by atoms with E-state index >= 15 is 0 Å². The SMILES string of the molecule is COc1ccc(SC(C)CCC(=O)NCc2cc(F)ccc2OC)cc1. The van der Waals surface area contributed by atoms with E-state index in [0.29, 0.717) is 23.0 Å². The number of hydrogen-bond donors (Lipinski definition) is 1. The van der Waals surface area contributed by atoms with E-state index in [0.717, 1.165) is 17.1 Å². The minimum absolute atomic E-state index is 0.0569. The van der Waals surface area contributed by atoms with Crippen molar-refractivity contribution in [2.75, 3.05) is 14.2 Å². The van der Waals surface area contributed by atoms with Crippen molar-refractivity contribution in [3.05, 3.63) is 53.8 Å². The molecule has 0 saturated heterocycles. The van der Waals surface area contributed by atoms with Crippen LogP contribution in [0.2, 0.25) is 0 Å². The molecular weight excluding hydrogens is 353 g/mol. The Morgan fingerprint density at radius 2 is 1.88 bits per heavy atom. The molecule has 2 aromatic carbocycles. The smallest absolute Gasteiger partial charge is 0.220 e. The predicted octanol–water partition coefficient (Wildman–Crippen LogP) is 4.42. The standard InChI is InChI=1S/C20H24FNO3S/c1-14(26-18-8-6-17(24-2)7-9-18)4-11-20(23)22-13-15-12-16(21)5-10-19(15)25-3/h5-10,12,14H,4,11,13H2,1-3H3,(H,22,23). The Bertz CT molecular complexity index is 721. The first-order valence-corrected chi connectivity index (χ1v) is 9.29. The highest BCUT2D eigenvalue weighted by atomic mass is 32.2. The highest BCUT2D eigenvalue weighted by Gasteiger charge is 2.10. The first kappa shape index (κ1) is 20.1. The largest absolute Gasteiger partial charge is 0.497 e. The molecule has 0 aliphatic rings. The van der Waals surface area contributed by atoms with Gasteiger partial charge in [-0.25, -0.2) is 4.39 Å². The van der Waals surface area contributed by atoms with Gasteiger partial charge in [-0.2, -0.15) is 0 Å². The lowest BCUT2D eigenvalue weighted by atomic mass is 10.2. The molecular formula is C20H24FNO3S. The number of halogens is 1. The predicted molar refractivity (Wildman–Crippen MR) is 102 cm³/mol. The lowest BCUT2D eigenvalue weighted by Crippen LogP contribution is -2.23. The average Bonchev–Trinajstić information content (AvgIpc) is 2.65. The van der Waals surface area contributed by atoms with Crippen molar-refractivity contribution in [2.45, 2.75) is 36.5 Å². The quantitative estimate of drug-likeness (QED) is 0.657. The Morgan fingerprint density at radius 3 is 2.54 bits per heavy atom. The molecule has 0 aromatic heterocycles. The molecule has 2 aromatic rings. The number of rotatable bonds is 9. The summed E-state index contributed by atoms with van der Waals surface area (Å²) in [5, 5.41) is 3.13. The van der Waals surface area contributed by atoms with Gasteiger partial charge in [0.05, 0.1) is 14.2 Å². The van der Waals surface area contributed by atoms with Crippen LogP contribution in [0.5, 0.6) is 11.5 Å². The highest BCUT2D eigenvalue weighted by Crippen LogP contribution is 2.27. The fraction of sp³-hybridized carbons (Fsp3) is 0.350. The summed E-state index contributed by atoms with van der Waals surface area (Å²) in [5.74, 6) is 0.988. The van der Waals surface area contributed by atoms with Crippen LogP contribution in [0.15, 0.2) is 47.4 Å². The summed E-state index contributed by atoms with van der Waals surface area (Å²) in [5.41, 5.74) is 0.626. The molecule has 0 saturated carbocycles. The van der Waals surface area contributed by atoms with Gasteiger partial charge in [-0.15, -0.1) is 11.8 Å². The van der Waals surface area contributed by atoms with Crippen molar-refractivity contribution in [1.29, 1.82) is 0 Å². The second-order valence-electron chi connectivity index (χ2n) is 5.88. The van der Waals surface area contributed by atoms with Crippen LogP contribution in [0.1, 0.15) is 25.3 Å². The number of amides is 1. The average molecular weight is 377 g/mol. The Labute approximate surface area is 158 Å². The lowest BCUT2D eigenvalue weighted by Gasteiger charge is -2.13. The first-order valence-electron chi connectivity index (χ1n) is 8.41. The molecule has 0 radical (unpaired) electrons. The topological polar surface area (TPSA) is 47.6 Å². The van der Waals surface area contributed by atoms with Gasteiger partial charge in [0.15, 0.2) is 0 Å². The van der Waals surface area contributed by atoms with Gasteiger partial charge in [0.2, 0.25) is 5.91 Å². The summed E-state index contributed by atoms with van der Waals surface area (Å²) < 4.78 is 23.7. The van der Waals surface area contributed by atoms with Gasteiger partial charge < -0.3 is 14.8 Å². The van der Waals surface area contributed by atoms with Crippen LogP contribution in [-0.2, 0) is 11.3 Å². The molecule has 1 atom stereocenters. The maximum Gasteiger partial charge on any atom is 0.220 e. The van der Waals surface area contributed by atoms with Crippen LogP contribution in [0.25, 0.3) is 0 Å². The maximum atomic E-state index is 13.3. The fourth-order valence-electron chi connectivity index (χ4n) is 2.45. The molecule has 0 spiro atoms. The van der Waals surface area contributed by atoms with E-state index in [1.54, 1.807) is 24.9 Å².